The SMILES string of the molecule is CCN(c1ccc(C(=N)N)nc1)c1cccc(C)c1. The molecule has 0 atom stereocenters. The van der Waals surface area contributed by atoms with Gasteiger partial charge in [-0.15, -0.1) is 0 Å². The van der Waals surface area contributed by atoms with E-state index in [0.717, 1.165) is 17.9 Å². The van der Waals surface area contributed by atoms with E-state index in [2.05, 4.69) is 41.9 Å². The predicted molar refractivity (Wildman–Crippen MR) is 79.1 cm³/mol. The minimum atomic E-state index is -0.00912. The van der Waals surface area contributed by atoms with Crippen molar-refractivity contribution in [1.29, 1.82) is 5.41 Å². The van der Waals surface area contributed by atoms with Gasteiger partial charge in [-0.1, -0.05) is 12.1 Å². The molecule has 0 aliphatic carbocycles. The highest BCUT2D eigenvalue weighted by atomic mass is 15.1. The first-order chi connectivity index (χ1) is 9.11. The fourth-order valence-electron chi connectivity index (χ4n) is 2.02. The molecule has 0 unspecified atom stereocenters. The van der Waals surface area contributed by atoms with Crippen molar-refractivity contribution in [2.45, 2.75) is 13.8 Å². The van der Waals surface area contributed by atoms with Crippen molar-refractivity contribution in [1.82, 2.24) is 4.98 Å². The minimum Gasteiger partial charge on any atom is -0.382 e. The lowest BCUT2D eigenvalue weighted by Gasteiger charge is -2.23. The van der Waals surface area contributed by atoms with E-state index in [0.29, 0.717) is 5.69 Å². The first-order valence-electron chi connectivity index (χ1n) is 6.26. The molecule has 0 saturated carbocycles. The Morgan fingerprint density at radius 1 is 1.26 bits per heavy atom. The number of nitrogens with zero attached hydrogens (tertiary/aromatic N) is 2. The normalized spacial score (nSPS) is 10.2. The predicted octanol–water partition coefficient (Wildman–Crippen LogP) is 2.83. The molecule has 0 aliphatic heterocycles. The zero-order valence-electron chi connectivity index (χ0n) is 11.2. The molecule has 0 saturated heterocycles. The number of pyridine rings is 1. The van der Waals surface area contributed by atoms with Crippen LogP contribution in [0.1, 0.15) is 18.2 Å². The Morgan fingerprint density at radius 3 is 2.58 bits per heavy atom. The van der Waals surface area contributed by atoms with Gasteiger partial charge in [-0.25, -0.2) is 0 Å². The van der Waals surface area contributed by atoms with Gasteiger partial charge in [0.15, 0.2) is 0 Å². The van der Waals surface area contributed by atoms with Gasteiger partial charge in [0.25, 0.3) is 0 Å². The Bertz CT molecular complexity index is 575. The summed E-state index contributed by atoms with van der Waals surface area (Å²) in [5, 5.41) is 7.35. The van der Waals surface area contributed by atoms with Gasteiger partial charge < -0.3 is 10.6 Å². The van der Waals surface area contributed by atoms with Crippen LogP contribution in [-0.4, -0.2) is 17.4 Å². The van der Waals surface area contributed by atoms with Crippen molar-refractivity contribution >= 4 is 17.2 Å². The van der Waals surface area contributed by atoms with Crippen molar-refractivity contribution in [2.24, 2.45) is 5.73 Å². The summed E-state index contributed by atoms with van der Waals surface area (Å²) < 4.78 is 0. The van der Waals surface area contributed by atoms with Gasteiger partial charge in [0, 0.05) is 12.2 Å². The second kappa shape index (κ2) is 5.52. The highest BCUT2D eigenvalue weighted by Gasteiger charge is 2.08. The first kappa shape index (κ1) is 13.1. The molecule has 4 nitrogen and oxygen atoms in total. The molecule has 0 bridgehead atoms. The number of rotatable bonds is 4. The van der Waals surface area contributed by atoms with Crippen LogP contribution in [-0.2, 0) is 0 Å². The summed E-state index contributed by atoms with van der Waals surface area (Å²) in [4.78, 5) is 6.37. The van der Waals surface area contributed by atoms with Crippen molar-refractivity contribution in [3.05, 3.63) is 53.9 Å². The molecule has 4 heteroatoms. The number of amidine groups is 1. The van der Waals surface area contributed by atoms with Crippen molar-refractivity contribution in [3.8, 4) is 0 Å². The molecule has 2 aromatic rings. The third-order valence-corrected chi connectivity index (χ3v) is 2.97. The van der Waals surface area contributed by atoms with E-state index in [1.165, 1.54) is 5.56 Å². The highest BCUT2D eigenvalue weighted by molar-refractivity contribution is 5.93. The zero-order chi connectivity index (χ0) is 13.8. The minimum absolute atomic E-state index is 0.00912. The van der Waals surface area contributed by atoms with Crippen LogP contribution >= 0.6 is 0 Å². The molecule has 19 heavy (non-hydrogen) atoms. The van der Waals surface area contributed by atoms with Crippen LogP contribution in [0.2, 0.25) is 0 Å². The number of nitrogen functional groups attached to an aromatic ring is 1. The average molecular weight is 254 g/mol. The Kier molecular flexibility index (Phi) is 3.80. The lowest BCUT2D eigenvalue weighted by atomic mass is 10.2. The molecule has 0 aliphatic rings. The Morgan fingerprint density at radius 2 is 2.05 bits per heavy atom. The summed E-state index contributed by atoms with van der Waals surface area (Å²) in [6.45, 7) is 5.03. The largest absolute Gasteiger partial charge is 0.382 e. The second-order valence-electron chi connectivity index (χ2n) is 4.40. The number of benzene rings is 1. The fraction of sp³-hybridized carbons (Fsp3) is 0.200. The van der Waals surface area contributed by atoms with E-state index < -0.39 is 0 Å². The average Bonchev–Trinajstić information content (AvgIpc) is 2.40. The summed E-state index contributed by atoms with van der Waals surface area (Å²) in [5.74, 6) is -0.00912. The number of nitrogens with one attached hydrogen (secondary N) is 1. The molecule has 0 spiro atoms. The van der Waals surface area contributed by atoms with Gasteiger partial charge in [0.2, 0.25) is 0 Å². The molecule has 1 heterocycles. The Labute approximate surface area is 113 Å². The molecule has 3 N–H and O–H groups in total. The monoisotopic (exact) mass is 254 g/mol. The van der Waals surface area contributed by atoms with Gasteiger partial charge >= 0.3 is 0 Å². The Hall–Kier alpha value is -2.36. The summed E-state index contributed by atoms with van der Waals surface area (Å²) in [5.41, 5.74) is 9.28. The highest BCUT2D eigenvalue weighted by Crippen LogP contribution is 2.25. The van der Waals surface area contributed by atoms with Crippen LogP contribution in [0.4, 0.5) is 11.4 Å². The van der Waals surface area contributed by atoms with Crippen molar-refractivity contribution in [3.63, 3.8) is 0 Å². The van der Waals surface area contributed by atoms with Gasteiger partial charge in [-0.2, -0.15) is 0 Å². The van der Waals surface area contributed by atoms with Crippen LogP contribution < -0.4 is 10.6 Å². The maximum Gasteiger partial charge on any atom is 0.141 e. The summed E-state index contributed by atoms with van der Waals surface area (Å²) >= 11 is 0. The van der Waals surface area contributed by atoms with E-state index in [1.54, 1.807) is 12.3 Å². The molecule has 0 radical (unpaired) electrons. The summed E-state index contributed by atoms with van der Waals surface area (Å²) in [6, 6.07) is 12.1. The quantitative estimate of drug-likeness (QED) is 0.651. The molecule has 1 aromatic heterocycles. The van der Waals surface area contributed by atoms with Crippen molar-refractivity contribution in [2.75, 3.05) is 11.4 Å². The first-order valence-corrected chi connectivity index (χ1v) is 6.26. The summed E-state index contributed by atoms with van der Waals surface area (Å²) in [7, 11) is 0. The third kappa shape index (κ3) is 2.91. The van der Waals surface area contributed by atoms with Gasteiger partial charge in [0.1, 0.15) is 11.5 Å². The standard InChI is InChI=1S/C15H18N4/c1-3-19(12-6-4-5-11(2)9-12)13-7-8-14(15(16)17)18-10-13/h4-10H,3H2,1-2H3,(H3,16,17). The van der Waals surface area contributed by atoms with Crippen LogP contribution in [0.5, 0.6) is 0 Å². The smallest absolute Gasteiger partial charge is 0.141 e. The molecule has 0 amide bonds. The summed E-state index contributed by atoms with van der Waals surface area (Å²) in [6.07, 6.45) is 1.75. The van der Waals surface area contributed by atoms with Gasteiger partial charge in [-0.3, -0.25) is 10.4 Å². The molecule has 1 aromatic carbocycles. The number of aromatic nitrogens is 1. The van der Waals surface area contributed by atoms with Crippen LogP contribution in [0.3, 0.4) is 0 Å². The number of aryl methyl sites for hydroxylation is 1. The topological polar surface area (TPSA) is 66.0 Å². The molecule has 98 valence electrons. The van der Waals surface area contributed by atoms with Crippen LogP contribution in [0, 0.1) is 12.3 Å². The number of nitrogens with two attached hydrogens (primary N) is 1. The maximum atomic E-state index is 7.35. The zero-order valence-corrected chi connectivity index (χ0v) is 11.2. The van der Waals surface area contributed by atoms with E-state index in [-0.39, 0.29) is 5.84 Å². The number of hydrogen-bond acceptors (Lipinski definition) is 3. The van der Waals surface area contributed by atoms with E-state index >= 15 is 0 Å². The number of anilines is 2. The molecule has 2 rings (SSSR count). The Balaban J connectivity index is 2.34. The molecule has 0 fully saturated rings. The van der Waals surface area contributed by atoms with Gasteiger partial charge in [-0.05, 0) is 43.7 Å². The van der Waals surface area contributed by atoms with E-state index in [4.69, 9.17) is 11.1 Å². The van der Waals surface area contributed by atoms with Gasteiger partial charge in [0.05, 0.1) is 11.9 Å². The molecular weight excluding hydrogens is 236 g/mol. The number of hydrogen-bond donors (Lipinski definition) is 2. The lowest BCUT2D eigenvalue weighted by molar-refractivity contribution is 1.01. The lowest BCUT2D eigenvalue weighted by Crippen LogP contribution is -2.18. The fourth-order valence-corrected chi connectivity index (χ4v) is 2.02. The van der Waals surface area contributed by atoms with Crippen molar-refractivity contribution < 1.29 is 0 Å². The van der Waals surface area contributed by atoms with E-state index in [9.17, 15) is 0 Å². The second-order valence-corrected chi connectivity index (χ2v) is 4.40. The van der Waals surface area contributed by atoms with Crippen LogP contribution in [0.25, 0.3) is 0 Å². The third-order valence-electron chi connectivity index (χ3n) is 2.97. The maximum absolute atomic E-state index is 7.35. The van der Waals surface area contributed by atoms with E-state index in [1.807, 2.05) is 12.1 Å². The molecular formula is C15H18N4. The van der Waals surface area contributed by atoms with Crippen LogP contribution in [0.15, 0.2) is 42.6 Å².